The first-order chi connectivity index (χ1) is 14.9. The number of fused-ring (bicyclic) bond motifs is 4. The molecule has 0 spiro atoms. The number of H-pyrrole nitrogens is 1. The average molecular weight is 419 g/mol. The highest BCUT2D eigenvalue weighted by Gasteiger charge is 2.21. The van der Waals surface area contributed by atoms with Crippen molar-refractivity contribution in [2.45, 2.75) is 20.4 Å². The van der Waals surface area contributed by atoms with Gasteiger partial charge in [0.25, 0.3) is 0 Å². The lowest BCUT2D eigenvalue weighted by Gasteiger charge is -2.18. The van der Waals surface area contributed by atoms with Gasteiger partial charge in [-0.25, -0.2) is 4.68 Å². The molecule has 0 saturated heterocycles. The number of pyridine rings is 1. The summed E-state index contributed by atoms with van der Waals surface area (Å²) in [6, 6.07) is 2.07. The zero-order chi connectivity index (χ0) is 21.7. The topological polar surface area (TPSA) is 89.7 Å². The van der Waals surface area contributed by atoms with Crippen LogP contribution in [0.15, 0.2) is 12.3 Å². The first kappa shape index (κ1) is 19.5. The number of hydrogen-bond acceptors (Lipinski definition) is 6. The van der Waals surface area contributed by atoms with Crippen LogP contribution in [0.5, 0.6) is 5.88 Å². The SMILES string of the molecule is Cc1nn(C)c2c1-c1cc3c([nH]nc3c(C)n1)/C=C/c1cnn(C)c1CN(C)CCO2. The molecular formula is C22H26N8O. The Balaban J connectivity index is 1.72. The molecule has 160 valence electrons. The van der Waals surface area contributed by atoms with Gasteiger partial charge in [-0.2, -0.15) is 15.3 Å². The second-order valence-corrected chi connectivity index (χ2v) is 8.11. The minimum Gasteiger partial charge on any atom is -0.476 e. The first-order valence-electron chi connectivity index (χ1n) is 10.3. The summed E-state index contributed by atoms with van der Waals surface area (Å²) in [4.78, 5) is 7.06. The number of aromatic nitrogens is 7. The van der Waals surface area contributed by atoms with E-state index in [1.54, 1.807) is 4.68 Å². The molecule has 9 heteroatoms. The van der Waals surface area contributed by atoms with E-state index in [1.807, 2.05) is 38.8 Å². The third kappa shape index (κ3) is 3.31. The molecule has 31 heavy (non-hydrogen) atoms. The normalized spacial score (nSPS) is 15.9. The minimum absolute atomic E-state index is 0.545. The van der Waals surface area contributed by atoms with E-state index >= 15 is 0 Å². The lowest BCUT2D eigenvalue weighted by molar-refractivity contribution is 0.218. The number of aromatic amines is 1. The molecule has 0 aromatic carbocycles. The van der Waals surface area contributed by atoms with Crippen LogP contribution < -0.4 is 4.74 Å². The summed E-state index contributed by atoms with van der Waals surface area (Å²) in [6.07, 6.45) is 6.05. The third-order valence-electron chi connectivity index (χ3n) is 5.83. The number of hydrogen-bond donors (Lipinski definition) is 1. The molecule has 0 unspecified atom stereocenters. The van der Waals surface area contributed by atoms with Gasteiger partial charge in [-0.15, -0.1) is 0 Å². The van der Waals surface area contributed by atoms with E-state index in [0.717, 1.165) is 69.5 Å². The van der Waals surface area contributed by atoms with Gasteiger partial charge in [0.2, 0.25) is 5.88 Å². The first-order valence-corrected chi connectivity index (χ1v) is 10.3. The number of nitrogens with one attached hydrogen (secondary N) is 1. The number of ether oxygens (including phenoxy) is 1. The van der Waals surface area contributed by atoms with Crippen LogP contribution in [0.3, 0.4) is 0 Å². The lowest BCUT2D eigenvalue weighted by atomic mass is 10.1. The van der Waals surface area contributed by atoms with Gasteiger partial charge in [0, 0.05) is 38.1 Å². The molecule has 1 aliphatic heterocycles. The highest BCUT2D eigenvalue weighted by Crippen LogP contribution is 2.34. The van der Waals surface area contributed by atoms with Gasteiger partial charge < -0.3 is 4.74 Å². The van der Waals surface area contributed by atoms with Gasteiger partial charge in [-0.3, -0.25) is 19.7 Å². The molecule has 0 amide bonds. The summed E-state index contributed by atoms with van der Waals surface area (Å²) in [5.74, 6) is 0.730. The summed E-state index contributed by atoms with van der Waals surface area (Å²) in [5.41, 5.74) is 7.55. The van der Waals surface area contributed by atoms with E-state index in [9.17, 15) is 0 Å². The van der Waals surface area contributed by atoms with E-state index in [4.69, 9.17) is 9.72 Å². The lowest BCUT2D eigenvalue weighted by Crippen LogP contribution is -2.25. The summed E-state index contributed by atoms with van der Waals surface area (Å²) < 4.78 is 9.95. The standard InChI is InChI=1S/C22H26N8O/c1-13-20-18-10-16-17(25-26-21(16)14(2)24-18)7-6-15-11-23-29(4)19(15)12-28(3)8-9-31-22(20)30(5)27-13/h6-7,10-11H,8-9,12H2,1-5H3,(H,25,26)/b7-6+. The predicted molar refractivity (Wildman–Crippen MR) is 120 cm³/mol. The highest BCUT2D eigenvalue weighted by atomic mass is 16.5. The largest absolute Gasteiger partial charge is 0.476 e. The van der Waals surface area contributed by atoms with Gasteiger partial charge in [-0.1, -0.05) is 0 Å². The van der Waals surface area contributed by atoms with Crippen molar-refractivity contribution >= 4 is 23.1 Å². The number of nitrogens with zero attached hydrogens (tertiary/aromatic N) is 7. The fraction of sp³-hybridized carbons (Fsp3) is 0.364. The Morgan fingerprint density at radius 3 is 2.74 bits per heavy atom. The fourth-order valence-electron chi connectivity index (χ4n) is 4.16. The van der Waals surface area contributed by atoms with Crippen LogP contribution in [0, 0.1) is 13.8 Å². The quantitative estimate of drug-likeness (QED) is 0.472. The fourth-order valence-corrected chi connectivity index (χ4v) is 4.16. The molecule has 0 fully saturated rings. The van der Waals surface area contributed by atoms with Crippen molar-refractivity contribution in [3.05, 3.63) is 40.6 Å². The molecule has 9 nitrogen and oxygen atoms in total. The zero-order valence-corrected chi connectivity index (χ0v) is 18.5. The molecule has 4 aromatic heterocycles. The maximum absolute atomic E-state index is 6.23. The Morgan fingerprint density at radius 1 is 1.06 bits per heavy atom. The Kier molecular flexibility index (Phi) is 4.62. The molecule has 0 radical (unpaired) electrons. The van der Waals surface area contributed by atoms with Crippen molar-refractivity contribution in [2.75, 3.05) is 20.2 Å². The van der Waals surface area contributed by atoms with Gasteiger partial charge in [0.1, 0.15) is 12.1 Å². The Morgan fingerprint density at radius 2 is 1.90 bits per heavy atom. The molecule has 1 N–H and O–H groups in total. The molecule has 4 aromatic rings. The molecule has 5 heterocycles. The minimum atomic E-state index is 0.545. The zero-order valence-electron chi connectivity index (χ0n) is 18.5. The second kappa shape index (κ2) is 7.35. The molecule has 5 rings (SSSR count). The Labute approximate surface area is 180 Å². The van der Waals surface area contributed by atoms with Crippen molar-refractivity contribution < 1.29 is 4.74 Å². The molecule has 1 aliphatic rings. The van der Waals surface area contributed by atoms with E-state index in [0.29, 0.717) is 6.61 Å². The van der Waals surface area contributed by atoms with Crippen LogP contribution in [0.4, 0.5) is 0 Å². The molecule has 0 atom stereocenters. The van der Waals surface area contributed by atoms with Crippen molar-refractivity contribution in [2.24, 2.45) is 14.1 Å². The summed E-state index contributed by atoms with van der Waals surface area (Å²) in [6.45, 7) is 6.05. The van der Waals surface area contributed by atoms with Crippen LogP contribution in [-0.4, -0.2) is 59.8 Å². The van der Waals surface area contributed by atoms with E-state index in [2.05, 4.69) is 50.6 Å². The van der Waals surface area contributed by atoms with E-state index < -0.39 is 0 Å². The van der Waals surface area contributed by atoms with Crippen LogP contribution in [0.2, 0.25) is 0 Å². The summed E-state index contributed by atoms with van der Waals surface area (Å²) in [5, 5.41) is 17.7. The predicted octanol–water partition coefficient (Wildman–Crippen LogP) is 2.70. The van der Waals surface area contributed by atoms with E-state index in [1.165, 1.54) is 0 Å². The smallest absolute Gasteiger partial charge is 0.221 e. The van der Waals surface area contributed by atoms with Gasteiger partial charge in [0.15, 0.2) is 0 Å². The van der Waals surface area contributed by atoms with Crippen LogP contribution in [-0.2, 0) is 20.6 Å². The van der Waals surface area contributed by atoms with E-state index in [-0.39, 0.29) is 0 Å². The van der Waals surface area contributed by atoms with Gasteiger partial charge >= 0.3 is 0 Å². The van der Waals surface area contributed by atoms with Crippen molar-refractivity contribution in [3.8, 4) is 17.1 Å². The van der Waals surface area contributed by atoms with Gasteiger partial charge in [0.05, 0.1) is 40.2 Å². The number of likely N-dealkylation sites (N-methyl/N-ethyl adjacent to an activating group) is 1. The van der Waals surface area contributed by atoms with Gasteiger partial charge in [-0.05, 0) is 39.1 Å². The monoisotopic (exact) mass is 418 g/mol. The Bertz CT molecular complexity index is 1310. The molecule has 0 saturated carbocycles. The maximum atomic E-state index is 6.23. The summed E-state index contributed by atoms with van der Waals surface area (Å²) in [7, 11) is 5.97. The van der Waals surface area contributed by atoms with Crippen LogP contribution >= 0.6 is 0 Å². The van der Waals surface area contributed by atoms with Crippen molar-refractivity contribution in [3.63, 3.8) is 0 Å². The van der Waals surface area contributed by atoms with Crippen molar-refractivity contribution in [1.29, 1.82) is 0 Å². The number of rotatable bonds is 0. The third-order valence-corrected chi connectivity index (χ3v) is 5.83. The maximum Gasteiger partial charge on any atom is 0.221 e. The highest BCUT2D eigenvalue weighted by molar-refractivity contribution is 5.93. The van der Waals surface area contributed by atoms with Crippen LogP contribution in [0.1, 0.15) is 28.3 Å². The van der Waals surface area contributed by atoms with Crippen LogP contribution in [0.25, 0.3) is 34.3 Å². The average Bonchev–Trinajstić information content (AvgIpc) is 3.37. The summed E-state index contributed by atoms with van der Waals surface area (Å²) >= 11 is 0. The molecular weight excluding hydrogens is 392 g/mol. The Hall–Kier alpha value is -3.46. The van der Waals surface area contributed by atoms with Crippen molar-refractivity contribution in [1.82, 2.24) is 39.6 Å². The number of aryl methyl sites for hydroxylation is 4. The second-order valence-electron chi connectivity index (χ2n) is 8.11. The molecule has 2 bridgehead atoms. The molecule has 0 aliphatic carbocycles.